The van der Waals surface area contributed by atoms with E-state index in [0.717, 1.165) is 42.3 Å². The molecule has 3 N–H and O–H groups in total. The highest BCUT2D eigenvalue weighted by Gasteiger charge is 2.30. The summed E-state index contributed by atoms with van der Waals surface area (Å²) in [5.41, 5.74) is 3.19. The van der Waals surface area contributed by atoms with Crippen LogP contribution in [-0.2, 0) is 6.54 Å². The maximum atomic E-state index is 13.2. The number of pyridine rings is 2. The highest BCUT2D eigenvalue weighted by atomic mass is 16.2. The minimum atomic E-state index is -0.0820. The SMILES string of the molecule is CCN(C(=O)c1cc2ncccc2[nH]1)[C@H]1CCCC(NCc2cc[nH]c(=O)c2)C1. The summed E-state index contributed by atoms with van der Waals surface area (Å²) in [7, 11) is 0. The van der Waals surface area contributed by atoms with E-state index in [0.29, 0.717) is 24.8 Å². The Hall–Kier alpha value is -2.93. The molecular weight excluding hydrogens is 366 g/mol. The molecule has 29 heavy (non-hydrogen) atoms. The predicted octanol–water partition coefficient (Wildman–Crippen LogP) is 2.81. The standard InChI is InChI=1S/C22H27N5O2/c1-2-27(22(29)20-13-19-18(26-20)7-4-9-23-19)17-6-3-5-16(12-17)25-14-15-8-10-24-21(28)11-15/h4,7-11,13,16-17,25-26H,2-3,5-6,12,14H2,1H3,(H,24,28)/t16?,17-/m0/s1. The van der Waals surface area contributed by atoms with E-state index in [-0.39, 0.29) is 17.5 Å². The van der Waals surface area contributed by atoms with Gasteiger partial charge in [0.2, 0.25) is 5.56 Å². The van der Waals surface area contributed by atoms with E-state index in [4.69, 9.17) is 0 Å². The van der Waals surface area contributed by atoms with Gasteiger partial charge >= 0.3 is 0 Å². The Morgan fingerprint density at radius 1 is 1.31 bits per heavy atom. The Morgan fingerprint density at radius 3 is 3.00 bits per heavy atom. The van der Waals surface area contributed by atoms with Crippen molar-refractivity contribution in [2.75, 3.05) is 6.54 Å². The number of aromatic nitrogens is 3. The van der Waals surface area contributed by atoms with Gasteiger partial charge in [0.25, 0.3) is 5.91 Å². The van der Waals surface area contributed by atoms with Crippen molar-refractivity contribution < 1.29 is 4.79 Å². The molecule has 0 aliphatic heterocycles. The Morgan fingerprint density at radius 2 is 2.21 bits per heavy atom. The highest BCUT2D eigenvalue weighted by Crippen LogP contribution is 2.25. The van der Waals surface area contributed by atoms with Crippen LogP contribution in [0.4, 0.5) is 0 Å². The van der Waals surface area contributed by atoms with Crippen LogP contribution in [0.3, 0.4) is 0 Å². The molecule has 152 valence electrons. The number of rotatable bonds is 6. The third-order valence-corrected chi connectivity index (χ3v) is 5.74. The van der Waals surface area contributed by atoms with Crippen molar-refractivity contribution in [2.45, 2.75) is 51.2 Å². The lowest BCUT2D eigenvalue weighted by atomic mass is 9.89. The lowest BCUT2D eigenvalue weighted by Crippen LogP contribution is -2.46. The maximum absolute atomic E-state index is 13.2. The lowest BCUT2D eigenvalue weighted by molar-refractivity contribution is 0.0623. The minimum absolute atomic E-state index is 0.0331. The van der Waals surface area contributed by atoms with Crippen molar-refractivity contribution in [3.05, 3.63) is 64.3 Å². The van der Waals surface area contributed by atoms with Crippen LogP contribution in [-0.4, -0.2) is 44.4 Å². The van der Waals surface area contributed by atoms with Gasteiger partial charge in [-0.05, 0) is 62.4 Å². The molecule has 1 aliphatic rings. The molecule has 3 heterocycles. The summed E-state index contributed by atoms with van der Waals surface area (Å²) < 4.78 is 0. The molecule has 7 heteroatoms. The zero-order valence-corrected chi connectivity index (χ0v) is 16.6. The molecule has 0 bridgehead atoms. The average Bonchev–Trinajstić information content (AvgIpc) is 3.17. The van der Waals surface area contributed by atoms with Gasteiger partial charge in [-0.25, -0.2) is 0 Å². The number of nitrogens with one attached hydrogen (secondary N) is 3. The fraction of sp³-hybridized carbons (Fsp3) is 0.409. The molecule has 1 unspecified atom stereocenters. The van der Waals surface area contributed by atoms with E-state index in [9.17, 15) is 9.59 Å². The molecular formula is C22H27N5O2. The molecule has 2 atom stereocenters. The molecule has 4 rings (SSSR count). The first kappa shape index (κ1) is 19.4. The van der Waals surface area contributed by atoms with Gasteiger partial charge in [0, 0.05) is 43.6 Å². The number of amides is 1. The van der Waals surface area contributed by atoms with Gasteiger partial charge < -0.3 is 20.2 Å². The fourth-order valence-corrected chi connectivity index (χ4v) is 4.29. The summed E-state index contributed by atoms with van der Waals surface area (Å²) in [6, 6.07) is 9.72. The van der Waals surface area contributed by atoms with Crippen molar-refractivity contribution in [3.8, 4) is 0 Å². The first-order valence-corrected chi connectivity index (χ1v) is 10.3. The van der Waals surface area contributed by atoms with Crippen LogP contribution >= 0.6 is 0 Å². The lowest BCUT2D eigenvalue weighted by Gasteiger charge is -2.37. The van der Waals surface area contributed by atoms with Crippen LogP contribution in [0.2, 0.25) is 0 Å². The van der Waals surface area contributed by atoms with Crippen molar-refractivity contribution >= 4 is 16.9 Å². The largest absolute Gasteiger partial charge is 0.349 e. The second kappa shape index (κ2) is 8.61. The number of hydrogen-bond acceptors (Lipinski definition) is 4. The Labute approximate surface area is 169 Å². The van der Waals surface area contributed by atoms with Crippen LogP contribution in [0.25, 0.3) is 11.0 Å². The van der Waals surface area contributed by atoms with Gasteiger partial charge in [-0.3, -0.25) is 14.6 Å². The zero-order chi connectivity index (χ0) is 20.2. The molecule has 1 fully saturated rings. The smallest absolute Gasteiger partial charge is 0.270 e. The van der Waals surface area contributed by atoms with E-state index in [1.807, 2.05) is 36.1 Å². The van der Waals surface area contributed by atoms with E-state index in [1.54, 1.807) is 18.5 Å². The molecule has 1 saturated carbocycles. The van der Waals surface area contributed by atoms with Crippen LogP contribution in [0, 0.1) is 0 Å². The maximum Gasteiger partial charge on any atom is 0.270 e. The summed E-state index contributed by atoms with van der Waals surface area (Å²) in [6.07, 6.45) is 7.51. The first-order chi connectivity index (χ1) is 14.1. The monoisotopic (exact) mass is 393 g/mol. The highest BCUT2D eigenvalue weighted by molar-refractivity contribution is 5.97. The first-order valence-electron chi connectivity index (χ1n) is 10.3. The molecule has 0 spiro atoms. The molecule has 0 aromatic carbocycles. The Kier molecular flexibility index (Phi) is 5.76. The predicted molar refractivity (Wildman–Crippen MR) is 113 cm³/mol. The van der Waals surface area contributed by atoms with Crippen molar-refractivity contribution in [1.82, 2.24) is 25.2 Å². The second-order valence-electron chi connectivity index (χ2n) is 7.67. The molecule has 1 aliphatic carbocycles. The van der Waals surface area contributed by atoms with Gasteiger partial charge in [-0.2, -0.15) is 0 Å². The molecule has 0 saturated heterocycles. The van der Waals surface area contributed by atoms with E-state index >= 15 is 0 Å². The number of fused-ring (bicyclic) bond motifs is 1. The zero-order valence-electron chi connectivity index (χ0n) is 16.6. The fourth-order valence-electron chi connectivity index (χ4n) is 4.29. The third kappa shape index (κ3) is 4.40. The molecule has 3 aromatic heterocycles. The minimum Gasteiger partial charge on any atom is -0.349 e. The van der Waals surface area contributed by atoms with E-state index in [2.05, 4.69) is 20.3 Å². The van der Waals surface area contributed by atoms with Gasteiger partial charge in [0.05, 0.1) is 11.0 Å². The summed E-state index contributed by atoms with van der Waals surface area (Å²) in [4.78, 5) is 36.8. The molecule has 0 radical (unpaired) electrons. The topological polar surface area (TPSA) is 93.9 Å². The molecule has 7 nitrogen and oxygen atoms in total. The number of carbonyl (C=O) groups excluding carboxylic acids is 1. The number of nitrogens with zero attached hydrogens (tertiary/aromatic N) is 2. The van der Waals surface area contributed by atoms with Crippen LogP contribution in [0.15, 0.2) is 47.5 Å². The normalized spacial score (nSPS) is 19.3. The van der Waals surface area contributed by atoms with Gasteiger partial charge in [0.1, 0.15) is 5.69 Å². The average molecular weight is 393 g/mol. The molecule has 3 aromatic rings. The van der Waals surface area contributed by atoms with Crippen LogP contribution in [0.5, 0.6) is 0 Å². The van der Waals surface area contributed by atoms with Crippen molar-refractivity contribution in [2.24, 2.45) is 0 Å². The number of carbonyl (C=O) groups is 1. The molecule has 1 amide bonds. The van der Waals surface area contributed by atoms with E-state index < -0.39 is 0 Å². The Bertz CT molecular complexity index is 1010. The summed E-state index contributed by atoms with van der Waals surface area (Å²) in [6.45, 7) is 3.37. The van der Waals surface area contributed by atoms with Crippen LogP contribution in [0.1, 0.15) is 48.7 Å². The van der Waals surface area contributed by atoms with E-state index in [1.165, 1.54) is 0 Å². The van der Waals surface area contributed by atoms with Crippen molar-refractivity contribution in [1.29, 1.82) is 0 Å². The number of hydrogen-bond donors (Lipinski definition) is 3. The number of H-pyrrole nitrogens is 2. The second-order valence-corrected chi connectivity index (χ2v) is 7.67. The van der Waals surface area contributed by atoms with Gasteiger partial charge in [-0.1, -0.05) is 0 Å². The summed E-state index contributed by atoms with van der Waals surface area (Å²) >= 11 is 0. The van der Waals surface area contributed by atoms with Crippen LogP contribution < -0.4 is 10.9 Å². The summed E-state index contributed by atoms with van der Waals surface area (Å²) in [5, 5.41) is 3.57. The summed E-state index contributed by atoms with van der Waals surface area (Å²) in [5.74, 6) is 0.0331. The van der Waals surface area contributed by atoms with Crippen molar-refractivity contribution in [3.63, 3.8) is 0 Å². The quantitative estimate of drug-likeness (QED) is 0.600. The Balaban J connectivity index is 1.42. The van der Waals surface area contributed by atoms with Gasteiger partial charge in [0.15, 0.2) is 0 Å². The van der Waals surface area contributed by atoms with Gasteiger partial charge in [-0.15, -0.1) is 0 Å². The number of aromatic amines is 2. The third-order valence-electron chi connectivity index (χ3n) is 5.74.